The molecule has 5 rings (SSSR count). The van der Waals surface area contributed by atoms with Gasteiger partial charge in [-0.15, -0.1) is 0 Å². The highest BCUT2D eigenvalue weighted by Crippen LogP contribution is 2.54. The van der Waals surface area contributed by atoms with Crippen LogP contribution in [0.3, 0.4) is 0 Å². The van der Waals surface area contributed by atoms with Gasteiger partial charge in [0.25, 0.3) is 0 Å². The molecule has 0 unspecified atom stereocenters. The molecule has 0 aromatic heterocycles. The van der Waals surface area contributed by atoms with E-state index >= 15 is 0 Å². The van der Waals surface area contributed by atoms with Gasteiger partial charge in [-0.1, -0.05) is 12.1 Å². The number of nitrogens with zero attached hydrogens (tertiary/aromatic N) is 3. The van der Waals surface area contributed by atoms with Crippen molar-refractivity contribution >= 4 is 17.3 Å². The third-order valence-corrected chi connectivity index (χ3v) is 7.38. The average Bonchev–Trinajstić information content (AvgIpc) is 3.45. The predicted octanol–water partition coefficient (Wildman–Crippen LogP) is 3.06. The van der Waals surface area contributed by atoms with Crippen LogP contribution in [-0.2, 0) is 11.2 Å². The molecule has 150 valence electrons. The SMILES string of the molecule is CN1CC(CC(=O)c2ccc3c(c2)C(N2CCC4(CC2)CC4)=C(C#N)C(=O)C3)C1. The lowest BCUT2D eigenvalue weighted by atomic mass is 9.84. The van der Waals surface area contributed by atoms with E-state index in [0.29, 0.717) is 23.3 Å². The standard InChI is InChI=1S/C24H27N3O2/c1-26-14-16(15-26)10-21(28)18-3-2-17-12-22(29)20(13-25)23(19(17)11-18)27-8-6-24(4-5-24)7-9-27/h2-3,11,16H,4-10,12,14-15H2,1H3. The van der Waals surface area contributed by atoms with Crippen LogP contribution in [-0.4, -0.2) is 54.6 Å². The lowest BCUT2D eigenvalue weighted by Crippen LogP contribution is -2.44. The summed E-state index contributed by atoms with van der Waals surface area (Å²) in [5.41, 5.74) is 4.14. The zero-order valence-electron chi connectivity index (χ0n) is 17.0. The summed E-state index contributed by atoms with van der Waals surface area (Å²) in [6.45, 7) is 3.73. The first-order chi connectivity index (χ1) is 14.0. The number of ketones is 2. The van der Waals surface area contributed by atoms with E-state index in [1.54, 1.807) is 0 Å². The van der Waals surface area contributed by atoms with Gasteiger partial charge < -0.3 is 9.80 Å². The summed E-state index contributed by atoms with van der Waals surface area (Å²) in [6, 6.07) is 7.91. The molecular weight excluding hydrogens is 362 g/mol. The molecule has 4 aliphatic rings. The molecule has 1 aromatic carbocycles. The van der Waals surface area contributed by atoms with Crippen LogP contribution >= 0.6 is 0 Å². The quantitative estimate of drug-likeness (QED) is 0.741. The van der Waals surface area contributed by atoms with Crippen LogP contribution in [0.15, 0.2) is 23.8 Å². The minimum absolute atomic E-state index is 0.0988. The van der Waals surface area contributed by atoms with Crippen molar-refractivity contribution in [2.45, 2.75) is 38.5 Å². The van der Waals surface area contributed by atoms with Gasteiger partial charge in [0.2, 0.25) is 0 Å². The Bertz CT molecular complexity index is 951. The zero-order valence-corrected chi connectivity index (χ0v) is 17.0. The van der Waals surface area contributed by atoms with Crippen molar-refractivity contribution in [2.24, 2.45) is 11.3 Å². The van der Waals surface area contributed by atoms with Gasteiger partial charge in [-0.3, -0.25) is 9.59 Å². The van der Waals surface area contributed by atoms with Crippen LogP contribution in [0, 0.1) is 22.7 Å². The fourth-order valence-corrected chi connectivity index (χ4v) is 5.32. The van der Waals surface area contributed by atoms with Crippen molar-refractivity contribution in [1.29, 1.82) is 5.26 Å². The first kappa shape index (κ1) is 18.6. The molecule has 5 nitrogen and oxygen atoms in total. The molecule has 2 aliphatic carbocycles. The van der Waals surface area contributed by atoms with Gasteiger partial charge in [0, 0.05) is 50.1 Å². The topological polar surface area (TPSA) is 64.4 Å². The first-order valence-electron chi connectivity index (χ1n) is 10.8. The van der Waals surface area contributed by atoms with Crippen molar-refractivity contribution < 1.29 is 9.59 Å². The summed E-state index contributed by atoms with van der Waals surface area (Å²) in [5, 5.41) is 9.74. The van der Waals surface area contributed by atoms with E-state index in [1.165, 1.54) is 12.8 Å². The number of benzene rings is 1. The maximum absolute atomic E-state index is 12.9. The molecule has 0 atom stereocenters. The van der Waals surface area contributed by atoms with Gasteiger partial charge in [0.05, 0.1) is 5.70 Å². The second-order valence-electron chi connectivity index (χ2n) is 9.51. The summed E-state index contributed by atoms with van der Waals surface area (Å²) >= 11 is 0. The Hall–Kier alpha value is -2.45. The van der Waals surface area contributed by atoms with Gasteiger partial charge in [0.1, 0.15) is 11.6 Å². The number of hydrogen-bond donors (Lipinski definition) is 0. The van der Waals surface area contributed by atoms with Crippen LogP contribution in [0.1, 0.15) is 53.6 Å². The highest BCUT2D eigenvalue weighted by atomic mass is 16.1. The summed E-state index contributed by atoms with van der Waals surface area (Å²) in [6.07, 6.45) is 5.71. The summed E-state index contributed by atoms with van der Waals surface area (Å²) < 4.78 is 0. The normalized spacial score (nSPS) is 23.6. The number of fused-ring (bicyclic) bond motifs is 1. The highest BCUT2D eigenvalue weighted by Gasteiger charge is 2.45. The molecule has 29 heavy (non-hydrogen) atoms. The Labute approximate surface area is 172 Å². The zero-order chi connectivity index (χ0) is 20.2. The molecule has 0 bridgehead atoms. The molecule has 1 spiro atoms. The molecule has 1 saturated carbocycles. The summed E-state index contributed by atoms with van der Waals surface area (Å²) in [5.74, 6) is 0.501. The van der Waals surface area contributed by atoms with E-state index in [-0.39, 0.29) is 23.6 Å². The van der Waals surface area contributed by atoms with Gasteiger partial charge in [-0.25, -0.2) is 0 Å². The van der Waals surface area contributed by atoms with E-state index in [2.05, 4.69) is 22.9 Å². The first-order valence-corrected chi connectivity index (χ1v) is 10.8. The maximum Gasteiger partial charge on any atom is 0.179 e. The fraction of sp³-hybridized carbons (Fsp3) is 0.542. The molecule has 3 fully saturated rings. The minimum Gasteiger partial charge on any atom is -0.370 e. The van der Waals surface area contributed by atoms with Crippen LogP contribution in [0.2, 0.25) is 0 Å². The van der Waals surface area contributed by atoms with E-state index in [1.807, 2.05) is 18.2 Å². The van der Waals surface area contributed by atoms with Gasteiger partial charge in [-0.2, -0.15) is 5.26 Å². The van der Waals surface area contributed by atoms with Crippen LogP contribution in [0.5, 0.6) is 0 Å². The number of hydrogen-bond acceptors (Lipinski definition) is 5. The Morgan fingerprint density at radius 1 is 1.21 bits per heavy atom. The van der Waals surface area contributed by atoms with Crippen LogP contribution < -0.4 is 0 Å². The lowest BCUT2D eigenvalue weighted by molar-refractivity contribution is -0.114. The van der Waals surface area contributed by atoms with Crippen molar-refractivity contribution in [2.75, 3.05) is 33.2 Å². The molecular formula is C24H27N3O2. The smallest absolute Gasteiger partial charge is 0.179 e. The van der Waals surface area contributed by atoms with Crippen molar-refractivity contribution in [1.82, 2.24) is 9.80 Å². The Morgan fingerprint density at radius 2 is 1.93 bits per heavy atom. The van der Waals surface area contributed by atoms with Crippen LogP contribution in [0.25, 0.3) is 5.70 Å². The Morgan fingerprint density at radius 3 is 2.55 bits per heavy atom. The number of carbonyl (C=O) groups excluding carboxylic acids is 2. The Balaban J connectivity index is 1.46. The second-order valence-corrected chi connectivity index (χ2v) is 9.51. The lowest BCUT2D eigenvalue weighted by Gasteiger charge is -2.38. The van der Waals surface area contributed by atoms with Gasteiger partial charge >= 0.3 is 0 Å². The largest absolute Gasteiger partial charge is 0.370 e. The number of nitriles is 1. The third-order valence-electron chi connectivity index (χ3n) is 7.38. The minimum atomic E-state index is -0.0988. The molecule has 0 amide bonds. The fourth-order valence-electron chi connectivity index (χ4n) is 5.32. The number of allylic oxidation sites excluding steroid dienone is 1. The van der Waals surface area contributed by atoms with E-state index in [4.69, 9.17) is 0 Å². The van der Waals surface area contributed by atoms with Gasteiger partial charge in [0.15, 0.2) is 11.6 Å². The Kier molecular flexibility index (Phi) is 4.36. The summed E-state index contributed by atoms with van der Waals surface area (Å²) in [4.78, 5) is 29.9. The monoisotopic (exact) mass is 389 g/mol. The van der Waals surface area contributed by atoms with Crippen molar-refractivity contribution in [3.63, 3.8) is 0 Å². The predicted molar refractivity (Wildman–Crippen MR) is 110 cm³/mol. The second kappa shape index (κ2) is 6.81. The molecule has 2 saturated heterocycles. The average molecular weight is 389 g/mol. The van der Waals surface area contributed by atoms with Crippen molar-refractivity contribution in [3.05, 3.63) is 40.5 Å². The molecule has 1 aromatic rings. The van der Waals surface area contributed by atoms with Crippen LogP contribution in [0.4, 0.5) is 0 Å². The molecule has 2 aliphatic heterocycles. The number of rotatable bonds is 4. The number of piperidine rings is 1. The molecule has 2 heterocycles. The number of carbonyl (C=O) groups is 2. The highest BCUT2D eigenvalue weighted by molar-refractivity contribution is 6.10. The number of Topliss-reactive ketones (excluding diaryl/α,β-unsaturated/α-hetero) is 2. The van der Waals surface area contributed by atoms with E-state index in [9.17, 15) is 14.9 Å². The molecule has 5 heteroatoms. The number of likely N-dealkylation sites (tertiary alicyclic amines) is 2. The van der Waals surface area contributed by atoms with E-state index < -0.39 is 0 Å². The van der Waals surface area contributed by atoms with Gasteiger partial charge in [-0.05, 0) is 55.7 Å². The van der Waals surface area contributed by atoms with Crippen molar-refractivity contribution in [3.8, 4) is 6.07 Å². The van der Waals surface area contributed by atoms with E-state index in [0.717, 1.165) is 55.8 Å². The molecule has 0 N–H and O–H groups in total. The summed E-state index contributed by atoms with van der Waals surface area (Å²) in [7, 11) is 2.07. The third kappa shape index (κ3) is 3.30. The molecule has 0 radical (unpaired) electrons. The maximum atomic E-state index is 12.9.